The number of nitrogens with zero attached hydrogens (tertiary/aromatic N) is 1. The molecule has 0 aromatic heterocycles. The van der Waals surface area contributed by atoms with Crippen LogP contribution < -0.4 is 4.90 Å². The van der Waals surface area contributed by atoms with E-state index < -0.39 is 5.97 Å². The first-order chi connectivity index (χ1) is 12.0. The Morgan fingerprint density at radius 2 is 1.76 bits per heavy atom. The van der Waals surface area contributed by atoms with Crippen molar-refractivity contribution < 1.29 is 19.5 Å². The van der Waals surface area contributed by atoms with Crippen LogP contribution in [0.3, 0.4) is 0 Å². The molecule has 1 aliphatic rings. The van der Waals surface area contributed by atoms with Crippen molar-refractivity contribution in [1.82, 2.24) is 0 Å². The van der Waals surface area contributed by atoms with Crippen LogP contribution in [0.1, 0.15) is 17.5 Å². The normalized spacial score (nSPS) is 17.4. The fourth-order valence-corrected chi connectivity index (χ4v) is 2.93. The lowest BCUT2D eigenvalue weighted by Crippen LogP contribution is -2.30. The Kier molecular flexibility index (Phi) is 4.75. The molecule has 0 saturated carbocycles. The summed E-state index contributed by atoms with van der Waals surface area (Å²) in [7, 11) is 0. The van der Waals surface area contributed by atoms with E-state index in [1.54, 1.807) is 24.3 Å². The first kappa shape index (κ1) is 16.6. The van der Waals surface area contributed by atoms with Gasteiger partial charge in [-0.1, -0.05) is 42.5 Å². The molecule has 1 unspecified atom stereocenters. The highest BCUT2D eigenvalue weighted by Gasteiger charge is 2.39. The van der Waals surface area contributed by atoms with Crippen LogP contribution in [0.5, 0.6) is 0 Å². The molecule has 2 aromatic rings. The van der Waals surface area contributed by atoms with Gasteiger partial charge in [0.2, 0.25) is 11.8 Å². The topological polar surface area (TPSA) is 74.7 Å². The van der Waals surface area contributed by atoms with Crippen LogP contribution >= 0.6 is 0 Å². The van der Waals surface area contributed by atoms with E-state index in [4.69, 9.17) is 5.11 Å². The second-order valence-electron chi connectivity index (χ2n) is 5.92. The molecule has 0 aliphatic carbocycles. The number of hydrogen-bond donors (Lipinski definition) is 1. The minimum absolute atomic E-state index is 0.192. The third-order valence-electron chi connectivity index (χ3n) is 4.13. The molecule has 0 spiro atoms. The molecule has 0 radical (unpaired) electrons. The lowest BCUT2D eigenvalue weighted by molar-refractivity contribution is -0.131. The lowest BCUT2D eigenvalue weighted by Gasteiger charge is -2.15. The van der Waals surface area contributed by atoms with E-state index in [9.17, 15) is 14.4 Å². The van der Waals surface area contributed by atoms with Crippen molar-refractivity contribution in [2.45, 2.75) is 12.8 Å². The molecule has 1 aliphatic heterocycles. The third-order valence-corrected chi connectivity index (χ3v) is 4.13. The Labute approximate surface area is 145 Å². The van der Waals surface area contributed by atoms with Crippen LogP contribution in [-0.2, 0) is 20.8 Å². The summed E-state index contributed by atoms with van der Waals surface area (Å²) in [6, 6.07) is 16.3. The van der Waals surface area contributed by atoms with Gasteiger partial charge >= 0.3 is 5.97 Å². The standard InChI is InChI=1S/C20H17NO4/c22-18-13-16(12-15-4-2-1-3-5-15)20(25)21(18)17-9-6-14(7-10-17)8-11-19(23)24/h1-11,16H,12-13H2,(H,23,24)/b11-8+. The van der Waals surface area contributed by atoms with E-state index in [1.807, 2.05) is 30.3 Å². The fraction of sp³-hybridized carbons (Fsp3) is 0.150. The molecule has 2 amide bonds. The number of carboxylic acid groups (broad SMARTS) is 1. The summed E-state index contributed by atoms with van der Waals surface area (Å²) in [5, 5.41) is 8.64. The minimum atomic E-state index is -1.03. The molecule has 126 valence electrons. The van der Waals surface area contributed by atoms with Gasteiger partial charge in [0, 0.05) is 12.5 Å². The van der Waals surface area contributed by atoms with E-state index in [0.717, 1.165) is 11.6 Å². The molecule has 1 N–H and O–H groups in total. The van der Waals surface area contributed by atoms with E-state index in [-0.39, 0.29) is 24.2 Å². The average molecular weight is 335 g/mol. The first-order valence-electron chi connectivity index (χ1n) is 7.96. The molecule has 1 heterocycles. The number of amides is 2. The highest BCUT2D eigenvalue weighted by Crippen LogP contribution is 2.29. The molecule has 1 atom stereocenters. The molecule has 1 fully saturated rings. The Balaban J connectivity index is 1.75. The lowest BCUT2D eigenvalue weighted by atomic mass is 9.98. The van der Waals surface area contributed by atoms with Crippen molar-refractivity contribution in [1.29, 1.82) is 0 Å². The molecule has 3 rings (SSSR count). The second-order valence-corrected chi connectivity index (χ2v) is 5.92. The van der Waals surface area contributed by atoms with Crippen LogP contribution in [0, 0.1) is 5.92 Å². The summed E-state index contributed by atoms with van der Waals surface area (Å²) in [4.78, 5) is 36.7. The van der Waals surface area contributed by atoms with Crippen molar-refractivity contribution in [2.75, 3.05) is 4.90 Å². The van der Waals surface area contributed by atoms with Gasteiger partial charge in [-0.3, -0.25) is 14.5 Å². The van der Waals surface area contributed by atoms with Crippen LogP contribution in [0.25, 0.3) is 6.08 Å². The number of benzene rings is 2. The molecular formula is C20H17NO4. The van der Waals surface area contributed by atoms with Crippen molar-refractivity contribution in [3.8, 4) is 0 Å². The zero-order chi connectivity index (χ0) is 17.8. The van der Waals surface area contributed by atoms with Gasteiger partial charge in [-0.15, -0.1) is 0 Å². The third kappa shape index (κ3) is 3.83. The van der Waals surface area contributed by atoms with Crippen LogP contribution in [0.2, 0.25) is 0 Å². The monoisotopic (exact) mass is 335 g/mol. The van der Waals surface area contributed by atoms with Crippen LogP contribution in [-0.4, -0.2) is 22.9 Å². The molecule has 5 nitrogen and oxygen atoms in total. The van der Waals surface area contributed by atoms with Gasteiger partial charge in [-0.2, -0.15) is 0 Å². The van der Waals surface area contributed by atoms with Gasteiger partial charge in [-0.05, 0) is 35.8 Å². The van der Waals surface area contributed by atoms with E-state index in [2.05, 4.69) is 0 Å². The highest BCUT2D eigenvalue weighted by atomic mass is 16.4. The van der Waals surface area contributed by atoms with Crippen molar-refractivity contribution in [3.63, 3.8) is 0 Å². The molecule has 2 aromatic carbocycles. The van der Waals surface area contributed by atoms with Crippen molar-refractivity contribution >= 4 is 29.5 Å². The molecule has 1 saturated heterocycles. The van der Waals surface area contributed by atoms with E-state index in [0.29, 0.717) is 17.7 Å². The van der Waals surface area contributed by atoms with Gasteiger partial charge in [0.1, 0.15) is 0 Å². The number of rotatable bonds is 5. The van der Waals surface area contributed by atoms with Gasteiger partial charge in [-0.25, -0.2) is 4.79 Å². The Morgan fingerprint density at radius 1 is 1.08 bits per heavy atom. The van der Waals surface area contributed by atoms with E-state index in [1.165, 1.54) is 11.0 Å². The van der Waals surface area contributed by atoms with Gasteiger partial charge in [0.05, 0.1) is 11.6 Å². The van der Waals surface area contributed by atoms with E-state index >= 15 is 0 Å². The zero-order valence-corrected chi connectivity index (χ0v) is 13.5. The number of carboxylic acids is 1. The quantitative estimate of drug-likeness (QED) is 0.673. The summed E-state index contributed by atoms with van der Waals surface area (Å²) in [5.41, 5.74) is 2.23. The summed E-state index contributed by atoms with van der Waals surface area (Å²) in [6.45, 7) is 0. The van der Waals surface area contributed by atoms with Crippen LogP contribution in [0.15, 0.2) is 60.7 Å². The van der Waals surface area contributed by atoms with Gasteiger partial charge < -0.3 is 5.11 Å². The predicted molar refractivity (Wildman–Crippen MR) is 93.9 cm³/mol. The summed E-state index contributed by atoms with van der Waals surface area (Å²) in [6.07, 6.45) is 3.24. The number of anilines is 1. The zero-order valence-electron chi connectivity index (χ0n) is 13.5. The number of carbonyl (C=O) groups is 3. The van der Waals surface area contributed by atoms with Gasteiger partial charge in [0.15, 0.2) is 0 Å². The van der Waals surface area contributed by atoms with Crippen molar-refractivity contribution in [3.05, 3.63) is 71.8 Å². The maximum atomic E-state index is 12.6. The smallest absolute Gasteiger partial charge is 0.328 e. The van der Waals surface area contributed by atoms with Crippen LogP contribution in [0.4, 0.5) is 5.69 Å². The second kappa shape index (κ2) is 7.13. The number of hydrogen-bond acceptors (Lipinski definition) is 3. The Hall–Kier alpha value is -3.21. The number of imide groups is 1. The molecular weight excluding hydrogens is 318 g/mol. The highest BCUT2D eigenvalue weighted by molar-refractivity contribution is 6.21. The number of carbonyl (C=O) groups excluding carboxylic acids is 2. The predicted octanol–water partition coefficient (Wildman–Crippen LogP) is 2.91. The van der Waals surface area contributed by atoms with Gasteiger partial charge in [0.25, 0.3) is 0 Å². The molecule has 0 bridgehead atoms. The largest absolute Gasteiger partial charge is 0.478 e. The SMILES string of the molecule is O=C(O)/C=C/c1ccc(N2C(=O)CC(Cc3ccccc3)C2=O)cc1. The average Bonchev–Trinajstić information content (AvgIpc) is 2.88. The Bertz CT molecular complexity index is 825. The molecule has 5 heteroatoms. The Morgan fingerprint density at radius 3 is 2.40 bits per heavy atom. The van der Waals surface area contributed by atoms with Crippen molar-refractivity contribution in [2.24, 2.45) is 5.92 Å². The maximum Gasteiger partial charge on any atom is 0.328 e. The minimum Gasteiger partial charge on any atom is -0.478 e. The fourth-order valence-electron chi connectivity index (χ4n) is 2.93. The summed E-state index contributed by atoms with van der Waals surface area (Å²) in [5.74, 6) is -1.78. The summed E-state index contributed by atoms with van der Waals surface area (Å²) >= 11 is 0. The summed E-state index contributed by atoms with van der Waals surface area (Å²) < 4.78 is 0. The molecule has 25 heavy (non-hydrogen) atoms. The maximum absolute atomic E-state index is 12.6. The number of aliphatic carboxylic acids is 1. The first-order valence-corrected chi connectivity index (χ1v) is 7.96.